The molecule has 0 N–H and O–H groups in total. The molecule has 0 unspecified atom stereocenters. The first kappa shape index (κ1) is 18.6. The second kappa shape index (κ2) is 10.3. The van der Waals surface area contributed by atoms with Crippen molar-refractivity contribution in [2.24, 2.45) is 0 Å². The summed E-state index contributed by atoms with van der Waals surface area (Å²) < 4.78 is 11.9. The van der Waals surface area contributed by atoms with Crippen LogP contribution in [0.25, 0.3) is 0 Å². The molecular weight excluding hydrogens is 499 g/mol. The summed E-state index contributed by atoms with van der Waals surface area (Å²) in [6.07, 6.45) is 3.82. The molecule has 2 nitrogen and oxygen atoms in total. The van der Waals surface area contributed by atoms with Crippen LogP contribution in [0.5, 0.6) is 11.5 Å². The third-order valence-electron chi connectivity index (χ3n) is 2.23. The highest BCUT2D eigenvalue weighted by Gasteiger charge is 2.10. The fourth-order valence-corrected chi connectivity index (χ4v) is 2.57. The molecule has 7 heteroatoms. The van der Waals surface area contributed by atoms with Gasteiger partial charge in [0.1, 0.15) is 12.4 Å². The van der Waals surface area contributed by atoms with E-state index in [-0.39, 0.29) is 0 Å². The van der Waals surface area contributed by atoms with E-state index < -0.39 is 0 Å². The average molecular weight is 512 g/mol. The number of alkyl halides is 1. The van der Waals surface area contributed by atoms with Gasteiger partial charge in [-0.2, -0.15) is 0 Å². The molecule has 0 fully saturated rings. The van der Waals surface area contributed by atoms with Gasteiger partial charge in [0.25, 0.3) is 0 Å². The standard InChI is InChI=1S/C13H13Br3Cl2O2/c14-4-1-2-5-20-13-10(17)7-9(8-11(13)18)19-6-3-12(15)16/h3,7-8H,1-2,4-6H2. The van der Waals surface area contributed by atoms with Gasteiger partial charge in [-0.15, -0.1) is 0 Å². The molecule has 0 aromatic heterocycles. The summed E-state index contributed by atoms with van der Waals surface area (Å²) in [7, 11) is 0. The molecule has 0 aliphatic rings. The summed E-state index contributed by atoms with van der Waals surface area (Å²) in [5.74, 6) is 1.11. The maximum absolute atomic E-state index is 6.16. The minimum Gasteiger partial charge on any atom is -0.490 e. The monoisotopic (exact) mass is 508 g/mol. The predicted molar refractivity (Wildman–Crippen MR) is 96.4 cm³/mol. The summed E-state index contributed by atoms with van der Waals surface area (Å²) in [6, 6.07) is 3.40. The minimum atomic E-state index is 0.407. The smallest absolute Gasteiger partial charge is 0.156 e. The van der Waals surface area contributed by atoms with Crippen molar-refractivity contribution in [2.75, 3.05) is 18.5 Å². The lowest BCUT2D eigenvalue weighted by molar-refractivity contribution is 0.309. The number of unbranched alkanes of at least 4 members (excludes halogenated alkanes) is 1. The van der Waals surface area contributed by atoms with E-state index in [1.54, 1.807) is 12.1 Å². The molecule has 0 saturated heterocycles. The van der Waals surface area contributed by atoms with Gasteiger partial charge in [-0.05, 0) is 50.8 Å². The molecule has 0 aliphatic heterocycles. The summed E-state index contributed by atoms with van der Waals surface area (Å²) in [5.41, 5.74) is 0. The van der Waals surface area contributed by atoms with Gasteiger partial charge < -0.3 is 9.47 Å². The van der Waals surface area contributed by atoms with Crippen molar-refractivity contribution in [2.45, 2.75) is 12.8 Å². The molecule has 0 bridgehead atoms. The zero-order chi connectivity index (χ0) is 15.0. The van der Waals surface area contributed by atoms with E-state index in [0.717, 1.165) is 21.6 Å². The van der Waals surface area contributed by atoms with Crippen LogP contribution in [0.4, 0.5) is 0 Å². The van der Waals surface area contributed by atoms with Gasteiger partial charge in [-0.3, -0.25) is 0 Å². The third kappa shape index (κ3) is 7.03. The molecule has 0 spiro atoms. The predicted octanol–water partition coefficient (Wildman–Crippen LogP) is 6.56. The Bertz CT molecular complexity index is 440. The zero-order valence-corrected chi connectivity index (χ0v) is 16.7. The van der Waals surface area contributed by atoms with Crippen LogP contribution < -0.4 is 9.47 Å². The molecule has 0 radical (unpaired) electrons. The highest BCUT2D eigenvalue weighted by atomic mass is 79.9. The molecular formula is C13H13Br3Cl2O2. The number of rotatable bonds is 8. The molecule has 0 heterocycles. The van der Waals surface area contributed by atoms with Crippen LogP contribution in [-0.2, 0) is 0 Å². The number of hydrogen-bond acceptors (Lipinski definition) is 2. The Morgan fingerprint density at radius 1 is 1.10 bits per heavy atom. The average Bonchev–Trinajstić information content (AvgIpc) is 2.36. The molecule has 0 aliphatic carbocycles. The van der Waals surface area contributed by atoms with Crippen LogP contribution in [-0.4, -0.2) is 18.5 Å². The zero-order valence-electron chi connectivity index (χ0n) is 10.5. The Morgan fingerprint density at radius 2 is 1.75 bits per heavy atom. The van der Waals surface area contributed by atoms with E-state index >= 15 is 0 Å². The molecule has 0 saturated carbocycles. The van der Waals surface area contributed by atoms with Crippen LogP contribution >= 0.6 is 71.0 Å². The number of ether oxygens (including phenoxy) is 2. The fourth-order valence-electron chi connectivity index (χ4n) is 1.33. The van der Waals surface area contributed by atoms with Gasteiger partial charge in [-0.1, -0.05) is 39.1 Å². The number of hydrogen-bond donors (Lipinski definition) is 0. The van der Waals surface area contributed by atoms with Crippen LogP contribution in [0.3, 0.4) is 0 Å². The third-order valence-corrected chi connectivity index (χ3v) is 4.00. The lowest BCUT2D eigenvalue weighted by atomic mass is 10.3. The SMILES string of the molecule is Clc1cc(OCC=C(Br)Br)cc(Cl)c1OCCCCBr. The van der Waals surface area contributed by atoms with Crippen molar-refractivity contribution in [3.63, 3.8) is 0 Å². The Morgan fingerprint density at radius 3 is 2.30 bits per heavy atom. The van der Waals surface area contributed by atoms with E-state index in [2.05, 4.69) is 47.8 Å². The molecule has 112 valence electrons. The highest BCUT2D eigenvalue weighted by Crippen LogP contribution is 2.37. The van der Waals surface area contributed by atoms with Crippen LogP contribution in [0.1, 0.15) is 12.8 Å². The largest absolute Gasteiger partial charge is 0.490 e. The van der Waals surface area contributed by atoms with Crippen molar-refractivity contribution >= 4 is 71.0 Å². The Kier molecular flexibility index (Phi) is 9.62. The quantitative estimate of drug-likeness (QED) is 0.291. The van der Waals surface area contributed by atoms with Crippen molar-refractivity contribution < 1.29 is 9.47 Å². The van der Waals surface area contributed by atoms with Gasteiger partial charge in [0.2, 0.25) is 0 Å². The first-order valence-corrected chi connectivity index (χ1v) is 9.32. The topological polar surface area (TPSA) is 18.5 Å². The van der Waals surface area contributed by atoms with Gasteiger partial charge in [0.05, 0.1) is 20.0 Å². The molecule has 20 heavy (non-hydrogen) atoms. The molecule has 0 amide bonds. The highest BCUT2D eigenvalue weighted by molar-refractivity contribution is 9.28. The first-order valence-electron chi connectivity index (χ1n) is 5.86. The van der Waals surface area contributed by atoms with Crippen molar-refractivity contribution in [3.05, 3.63) is 31.6 Å². The van der Waals surface area contributed by atoms with Gasteiger partial charge >= 0.3 is 0 Å². The van der Waals surface area contributed by atoms with Crippen molar-refractivity contribution in [1.29, 1.82) is 0 Å². The lowest BCUT2D eigenvalue weighted by Gasteiger charge is -2.12. The van der Waals surface area contributed by atoms with E-state index in [0.29, 0.717) is 34.8 Å². The summed E-state index contributed by atoms with van der Waals surface area (Å²) in [5, 5.41) is 1.86. The number of halogens is 5. The fraction of sp³-hybridized carbons (Fsp3) is 0.385. The lowest BCUT2D eigenvalue weighted by Crippen LogP contribution is -2.00. The molecule has 1 rings (SSSR count). The Balaban J connectivity index is 2.63. The van der Waals surface area contributed by atoms with Crippen LogP contribution in [0.15, 0.2) is 21.6 Å². The Labute approximate surface area is 154 Å². The second-order valence-corrected chi connectivity index (χ2v) is 8.15. The van der Waals surface area contributed by atoms with Crippen LogP contribution in [0.2, 0.25) is 10.0 Å². The summed E-state index contributed by atoms with van der Waals surface area (Å²) in [6.45, 7) is 0.995. The van der Waals surface area contributed by atoms with Crippen LogP contribution in [0, 0.1) is 0 Å². The van der Waals surface area contributed by atoms with Crippen molar-refractivity contribution in [3.8, 4) is 11.5 Å². The molecule has 0 atom stereocenters. The molecule has 1 aromatic rings. The van der Waals surface area contributed by atoms with E-state index in [1.165, 1.54) is 0 Å². The second-order valence-electron chi connectivity index (χ2n) is 3.77. The number of benzene rings is 1. The Hall–Kier alpha value is 0.580. The molecule has 1 aromatic carbocycles. The minimum absolute atomic E-state index is 0.407. The normalized spacial score (nSPS) is 10.2. The van der Waals surface area contributed by atoms with Gasteiger partial charge in [0.15, 0.2) is 5.75 Å². The summed E-state index contributed by atoms with van der Waals surface area (Å²) >= 11 is 22.2. The van der Waals surface area contributed by atoms with Gasteiger partial charge in [0, 0.05) is 17.5 Å². The van der Waals surface area contributed by atoms with Crippen molar-refractivity contribution in [1.82, 2.24) is 0 Å². The first-order chi connectivity index (χ1) is 9.54. The maximum atomic E-state index is 6.16. The summed E-state index contributed by atoms with van der Waals surface area (Å²) in [4.78, 5) is 0. The maximum Gasteiger partial charge on any atom is 0.156 e. The van der Waals surface area contributed by atoms with E-state index in [9.17, 15) is 0 Å². The van der Waals surface area contributed by atoms with E-state index in [4.69, 9.17) is 32.7 Å². The van der Waals surface area contributed by atoms with Gasteiger partial charge in [-0.25, -0.2) is 0 Å². The van der Waals surface area contributed by atoms with E-state index in [1.807, 2.05) is 6.08 Å².